The van der Waals surface area contributed by atoms with Crippen LogP contribution in [0.2, 0.25) is 0 Å². The van der Waals surface area contributed by atoms with E-state index in [2.05, 4.69) is 45.6 Å². The molecule has 2 fully saturated rings. The van der Waals surface area contributed by atoms with E-state index < -0.39 is 0 Å². The van der Waals surface area contributed by atoms with Crippen molar-refractivity contribution >= 4 is 11.9 Å². The number of carbonyl (C=O) groups is 1. The first-order valence-electron chi connectivity index (χ1n) is 12.4. The maximum atomic E-state index is 12.6. The Morgan fingerprint density at radius 3 is 2.53 bits per heavy atom. The second-order valence-electron chi connectivity index (χ2n) is 8.95. The molecule has 2 aliphatic heterocycles. The summed E-state index contributed by atoms with van der Waals surface area (Å²) in [5.41, 5.74) is 1.24. The second kappa shape index (κ2) is 10.8. The first kappa shape index (κ1) is 23.8. The van der Waals surface area contributed by atoms with Gasteiger partial charge in [-0.3, -0.25) is 4.79 Å². The summed E-state index contributed by atoms with van der Waals surface area (Å²) in [7, 11) is 0. The second-order valence-corrected chi connectivity index (χ2v) is 8.95. The van der Waals surface area contributed by atoms with Crippen molar-refractivity contribution in [2.75, 3.05) is 44.3 Å². The number of tetrazole rings is 1. The molecule has 0 radical (unpaired) electrons. The fourth-order valence-electron chi connectivity index (χ4n) is 4.41. The number of piperidine rings is 1. The van der Waals surface area contributed by atoms with Gasteiger partial charge in [0.15, 0.2) is 5.82 Å². The van der Waals surface area contributed by atoms with Gasteiger partial charge in [0.05, 0.1) is 37.2 Å². The highest BCUT2D eigenvalue weighted by Gasteiger charge is 2.25. The van der Waals surface area contributed by atoms with E-state index in [4.69, 9.17) is 9.47 Å². The standard InChI is InChI=1S/C23H26N12O3/c36-22(32-7-9-37-10-8-32)17-11-25-23(26-12-17)33-5-3-19(4-6-33)35-28-13-18(29-35)15-38-20-1-2-21(24-14-20)34-16-27-30-31-34/h1-2,11-14,16,19H,3-10,15H2. The molecule has 2 aliphatic rings. The molecule has 0 atom stereocenters. The monoisotopic (exact) mass is 518 g/mol. The number of pyridine rings is 1. The van der Waals surface area contributed by atoms with Crippen molar-refractivity contribution < 1.29 is 14.3 Å². The van der Waals surface area contributed by atoms with E-state index in [0.29, 0.717) is 49.4 Å². The summed E-state index contributed by atoms with van der Waals surface area (Å²) < 4.78 is 12.6. The minimum atomic E-state index is -0.0549. The predicted octanol–water partition coefficient (Wildman–Crippen LogP) is 0.332. The van der Waals surface area contributed by atoms with Gasteiger partial charge in [-0.25, -0.2) is 15.0 Å². The zero-order valence-electron chi connectivity index (χ0n) is 20.6. The van der Waals surface area contributed by atoms with Crippen molar-refractivity contribution in [3.8, 4) is 11.6 Å². The lowest BCUT2D eigenvalue weighted by Crippen LogP contribution is -2.41. The summed E-state index contributed by atoms with van der Waals surface area (Å²) in [6.07, 6.45) is 9.76. The zero-order chi connectivity index (χ0) is 25.7. The van der Waals surface area contributed by atoms with Crippen molar-refractivity contribution in [3.63, 3.8) is 0 Å². The third kappa shape index (κ3) is 5.27. The third-order valence-corrected chi connectivity index (χ3v) is 6.50. The molecular weight excluding hydrogens is 492 g/mol. The Labute approximate surface area is 217 Å². The molecule has 0 aromatic carbocycles. The van der Waals surface area contributed by atoms with E-state index >= 15 is 0 Å². The Morgan fingerprint density at radius 2 is 1.82 bits per heavy atom. The van der Waals surface area contributed by atoms with Crippen LogP contribution >= 0.6 is 0 Å². The third-order valence-electron chi connectivity index (χ3n) is 6.50. The van der Waals surface area contributed by atoms with Gasteiger partial charge in [0.1, 0.15) is 24.4 Å². The smallest absolute Gasteiger partial charge is 0.257 e. The van der Waals surface area contributed by atoms with E-state index in [1.54, 1.807) is 46.6 Å². The maximum Gasteiger partial charge on any atom is 0.257 e. The fraction of sp³-hybridized carbons (Fsp3) is 0.435. The van der Waals surface area contributed by atoms with Crippen molar-refractivity contribution in [1.82, 2.24) is 55.1 Å². The lowest BCUT2D eigenvalue weighted by molar-refractivity contribution is 0.0302. The molecule has 6 heterocycles. The van der Waals surface area contributed by atoms with Gasteiger partial charge in [-0.15, -0.1) is 5.10 Å². The van der Waals surface area contributed by atoms with Crippen molar-refractivity contribution in [2.45, 2.75) is 25.5 Å². The van der Waals surface area contributed by atoms with Crippen molar-refractivity contribution in [1.29, 1.82) is 0 Å². The number of rotatable bonds is 7. The Bertz CT molecular complexity index is 1330. The van der Waals surface area contributed by atoms with Gasteiger partial charge in [-0.2, -0.15) is 19.7 Å². The normalized spacial score (nSPS) is 16.5. The average molecular weight is 519 g/mol. The van der Waals surface area contributed by atoms with Gasteiger partial charge in [0, 0.05) is 38.6 Å². The lowest BCUT2D eigenvalue weighted by Gasteiger charge is -2.31. The first-order valence-corrected chi connectivity index (χ1v) is 12.4. The lowest BCUT2D eigenvalue weighted by atomic mass is 10.1. The molecular formula is C23H26N12O3. The number of morpholine rings is 1. The predicted molar refractivity (Wildman–Crippen MR) is 131 cm³/mol. The number of hydrogen-bond donors (Lipinski definition) is 0. The highest BCUT2D eigenvalue weighted by molar-refractivity contribution is 5.93. The first-order chi connectivity index (χ1) is 18.7. The molecule has 0 aliphatic carbocycles. The molecule has 15 heteroatoms. The van der Waals surface area contributed by atoms with Gasteiger partial charge < -0.3 is 19.3 Å². The highest BCUT2D eigenvalue weighted by Crippen LogP contribution is 2.24. The molecule has 0 saturated carbocycles. The van der Waals surface area contributed by atoms with Crippen LogP contribution in [0.3, 0.4) is 0 Å². The quantitative estimate of drug-likeness (QED) is 0.331. The van der Waals surface area contributed by atoms with Crippen LogP contribution in [-0.4, -0.2) is 100 Å². The molecule has 0 spiro atoms. The van der Waals surface area contributed by atoms with Gasteiger partial charge in [-0.05, 0) is 35.4 Å². The molecule has 1 amide bonds. The van der Waals surface area contributed by atoms with Crippen LogP contribution in [-0.2, 0) is 11.3 Å². The van der Waals surface area contributed by atoms with Crippen molar-refractivity contribution in [2.24, 2.45) is 0 Å². The summed E-state index contributed by atoms with van der Waals surface area (Å²) in [4.78, 5) is 31.5. The maximum absolute atomic E-state index is 12.6. The number of nitrogens with zero attached hydrogens (tertiary/aromatic N) is 12. The Kier molecular flexibility index (Phi) is 6.80. The fourth-order valence-corrected chi connectivity index (χ4v) is 4.41. The minimum Gasteiger partial charge on any atom is -0.486 e. The van der Waals surface area contributed by atoms with Crippen LogP contribution in [0.25, 0.3) is 5.82 Å². The van der Waals surface area contributed by atoms with Gasteiger partial charge in [0.2, 0.25) is 5.95 Å². The molecule has 15 nitrogen and oxygen atoms in total. The van der Waals surface area contributed by atoms with E-state index in [1.807, 2.05) is 0 Å². The Morgan fingerprint density at radius 1 is 1.00 bits per heavy atom. The van der Waals surface area contributed by atoms with Gasteiger partial charge in [-0.1, -0.05) is 0 Å². The number of hydrogen-bond acceptors (Lipinski definition) is 12. The van der Waals surface area contributed by atoms with Crippen LogP contribution in [0.15, 0.2) is 43.2 Å². The van der Waals surface area contributed by atoms with Gasteiger partial charge in [0.25, 0.3) is 5.91 Å². The zero-order valence-corrected chi connectivity index (χ0v) is 20.6. The Balaban J connectivity index is 0.989. The van der Waals surface area contributed by atoms with Crippen LogP contribution < -0.4 is 9.64 Å². The summed E-state index contributed by atoms with van der Waals surface area (Å²) in [5, 5.41) is 20.1. The summed E-state index contributed by atoms with van der Waals surface area (Å²) in [6, 6.07) is 3.76. The number of aromatic nitrogens is 10. The van der Waals surface area contributed by atoms with E-state index in [1.165, 1.54) is 11.0 Å². The van der Waals surface area contributed by atoms with Crippen LogP contribution in [0.4, 0.5) is 5.95 Å². The average Bonchev–Trinajstić information content (AvgIpc) is 3.70. The molecule has 6 rings (SSSR count). The number of anilines is 1. The molecule has 4 aromatic rings. The van der Waals surface area contributed by atoms with Crippen molar-refractivity contribution in [3.05, 3.63) is 54.5 Å². The van der Waals surface area contributed by atoms with Gasteiger partial charge >= 0.3 is 0 Å². The number of carbonyl (C=O) groups excluding carboxylic acids is 1. The van der Waals surface area contributed by atoms with Crippen LogP contribution in [0.5, 0.6) is 5.75 Å². The number of amides is 1. The molecule has 196 valence electrons. The van der Waals surface area contributed by atoms with E-state index in [0.717, 1.165) is 31.6 Å². The molecule has 0 N–H and O–H groups in total. The van der Waals surface area contributed by atoms with Crippen LogP contribution in [0, 0.1) is 0 Å². The summed E-state index contributed by atoms with van der Waals surface area (Å²) in [5.74, 6) is 1.79. The molecule has 2 saturated heterocycles. The molecule has 0 bridgehead atoms. The van der Waals surface area contributed by atoms with Crippen LogP contribution in [0.1, 0.15) is 34.9 Å². The minimum absolute atomic E-state index is 0.0549. The molecule has 0 unspecified atom stereocenters. The number of ether oxygens (including phenoxy) is 2. The molecule has 4 aromatic heterocycles. The summed E-state index contributed by atoms with van der Waals surface area (Å²) in [6.45, 7) is 4.15. The van der Waals surface area contributed by atoms with E-state index in [9.17, 15) is 4.79 Å². The highest BCUT2D eigenvalue weighted by atomic mass is 16.5. The van der Waals surface area contributed by atoms with E-state index in [-0.39, 0.29) is 18.6 Å². The SMILES string of the molecule is O=C(c1cnc(N2CCC(n3ncc(COc4ccc(-n5cnnn5)nc4)n3)CC2)nc1)N1CCOCC1. The Hall–Kier alpha value is -4.53. The molecule has 38 heavy (non-hydrogen) atoms. The topological polar surface area (TPSA) is 155 Å². The summed E-state index contributed by atoms with van der Waals surface area (Å²) >= 11 is 0. The largest absolute Gasteiger partial charge is 0.486 e.